The molecule has 0 saturated carbocycles. The summed E-state index contributed by atoms with van der Waals surface area (Å²) in [4.78, 5) is 10.7. The van der Waals surface area contributed by atoms with Gasteiger partial charge in [0.1, 0.15) is 6.61 Å². The molecule has 1 heterocycles. The van der Waals surface area contributed by atoms with Crippen LogP contribution in [-0.2, 0) is 22.8 Å². The maximum Gasteiger partial charge on any atom is 0.508 e. The second-order valence-corrected chi connectivity index (χ2v) is 5.93. The molecule has 1 rings (SSSR count). The molecule has 0 spiro atoms. The van der Waals surface area contributed by atoms with E-state index in [1.807, 2.05) is 20.4 Å². The van der Waals surface area contributed by atoms with Crippen LogP contribution in [0.2, 0.25) is 6.55 Å². The first-order valence-corrected chi connectivity index (χ1v) is 7.57. The minimum Gasteiger partial charge on any atom is -0.430 e. The minimum atomic E-state index is -2.59. The van der Waals surface area contributed by atoms with Gasteiger partial charge in [0.05, 0.1) is 6.61 Å². The monoisotopic (exact) mass is 250 g/mol. The Hall–Kier alpha value is -0.633. The van der Waals surface area contributed by atoms with Crippen LogP contribution >= 0.6 is 0 Å². The Morgan fingerprint density at radius 3 is 2.38 bits per heavy atom. The Labute approximate surface area is 96.1 Å². The highest BCUT2D eigenvalue weighted by molar-refractivity contribution is 6.59. The number of cyclic esters (lactones) is 2. The summed E-state index contributed by atoms with van der Waals surface area (Å²) in [5, 5.41) is 0. The van der Waals surface area contributed by atoms with Crippen LogP contribution in [0.5, 0.6) is 0 Å². The predicted molar refractivity (Wildman–Crippen MR) is 57.0 cm³/mol. The SMILES string of the molecule is CCO[Si](C)(OCC)OCC1COC(=O)O1. The van der Waals surface area contributed by atoms with Gasteiger partial charge in [0.2, 0.25) is 0 Å². The van der Waals surface area contributed by atoms with Crippen molar-refractivity contribution in [1.29, 1.82) is 0 Å². The van der Waals surface area contributed by atoms with Crippen molar-refractivity contribution in [2.45, 2.75) is 26.5 Å². The fraction of sp³-hybridized carbons (Fsp3) is 0.889. The third kappa shape index (κ3) is 4.09. The molecule has 1 aliphatic rings. The first-order chi connectivity index (χ1) is 7.59. The van der Waals surface area contributed by atoms with Gasteiger partial charge in [0.15, 0.2) is 6.10 Å². The predicted octanol–water partition coefficient (Wildman–Crippen LogP) is 1.18. The van der Waals surface area contributed by atoms with Gasteiger partial charge in [0.25, 0.3) is 0 Å². The molecule has 0 aromatic rings. The molecule has 0 aromatic heterocycles. The van der Waals surface area contributed by atoms with Crippen molar-refractivity contribution in [2.24, 2.45) is 0 Å². The van der Waals surface area contributed by atoms with Crippen LogP contribution < -0.4 is 0 Å². The minimum absolute atomic E-state index is 0.224. The fourth-order valence-corrected chi connectivity index (χ4v) is 3.13. The van der Waals surface area contributed by atoms with Crippen LogP contribution in [0.3, 0.4) is 0 Å². The number of ether oxygens (including phenoxy) is 2. The molecule has 6 nitrogen and oxygen atoms in total. The highest BCUT2D eigenvalue weighted by Crippen LogP contribution is 2.13. The fourth-order valence-electron chi connectivity index (χ4n) is 1.34. The Kier molecular flexibility index (Phi) is 5.20. The van der Waals surface area contributed by atoms with E-state index in [-0.39, 0.29) is 19.3 Å². The molecule has 0 aliphatic carbocycles. The molecule has 1 fully saturated rings. The van der Waals surface area contributed by atoms with Crippen LogP contribution in [0.4, 0.5) is 4.79 Å². The molecule has 94 valence electrons. The number of carbonyl (C=O) groups is 1. The molecule has 1 atom stereocenters. The Bertz CT molecular complexity index is 228. The molecule has 1 saturated heterocycles. The van der Waals surface area contributed by atoms with E-state index in [2.05, 4.69) is 4.74 Å². The Morgan fingerprint density at radius 2 is 1.94 bits per heavy atom. The maximum absolute atomic E-state index is 10.7. The van der Waals surface area contributed by atoms with Crippen LogP contribution in [0, 0.1) is 0 Å². The standard InChI is InChI=1S/C9H18O6Si/c1-4-12-16(3,13-5-2)14-7-8-6-11-9(10)15-8/h8H,4-7H2,1-3H3. The molecule has 7 heteroatoms. The van der Waals surface area contributed by atoms with Crippen LogP contribution in [0.15, 0.2) is 0 Å². The third-order valence-electron chi connectivity index (χ3n) is 1.99. The molecule has 16 heavy (non-hydrogen) atoms. The summed E-state index contributed by atoms with van der Waals surface area (Å²) in [5.41, 5.74) is 0. The average Bonchev–Trinajstić information content (AvgIpc) is 2.62. The summed E-state index contributed by atoms with van der Waals surface area (Å²) in [5.74, 6) is 0. The molecule has 0 radical (unpaired) electrons. The second-order valence-electron chi connectivity index (χ2n) is 3.34. The molecule has 0 amide bonds. The highest BCUT2D eigenvalue weighted by atomic mass is 28.4. The second kappa shape index (κ2) is 6.19. The molecular weight excluding hydrogens is 232 g/mol. The summed E-state index contributed by atoms with van der Waals surface area (Å²) in [7, 11) is -2.59. The number of hydrogen-bond acceptors (Lipinski definition) is 6. The zero-order valence-corrected chi connectivity index (χ0v) is 10.9. The van der Waals surface area contributed by atoms with Gasteiger partial charge in [-0.2, -0.15) is 0 Å². The summed E-state index contributed by atoms with van der Waals surface area (Å²) >= 11 is 0. The van der Waals surface area contributed by atoms with Crippen LogP contribution in [0.1, 0.15) is 13.8 Å². The van der Waals surface area contributed by atoms with E-state index in [1.54, 1.807) is 0 Å². The number of hydrogen-bond donors (Lipinski definition) is 0. The average molecular weight is 250 g/mol. The van der Waals surface area contributed by atoms with Gasteiger partial charge in [-0.25, -0.2) is 4.79 Å². The largest absolute Gasteiger partial charge is 0.508 e. The number of rotatable bonds is 7. The lowest BCUT2D eigenvalue weighted by atomic mass is 10.4. The molecular formula is C9H18O6Si. The summed E-state index contributed by atoms with van der Waals surface area (Å²) < 4.78 is 26.0. The molecule has 0 bridgehead atoms. The van der Waals surface area contributed by atoms with E-state index < -0.39 is 15.0 Å². The lowest BCUT2D eigenvalue weighted by Gasteiger charge is -2.25. The van der Waals surface area contributed by atoms with Crippen molar-refractivity contribution in [3.63, 3.8) is 0 Å². The first-order valence-electron chi connectivity index (χ1n) is 5.35. The lowest BCUT2D eigenvalue weighted by Crippen LogP contribution is -2.44. The van der Waals surface area contributed by atoms with E-state index in [4.69, 9.17) is 18.0 Å². The lowest BCUT2D eigenvalue weighted by molar-refractivity contribution is 0.0363. The van der Waals surface area contributed by atoms with E-state index in [0.717, 1.165) is 0 Å². The molecule has 1 aliphatic heterocycles. The van der Waals surface area contributed by atoms with Gasteiger partial charge in [-0.3, -0.25) is 0 Å². The van der Waals surface area contributed by atoms with Gasteiger partial charge in [0, 0.05) is 19.8 Å². The quantitative estimate of drug-likeness (QED) is 0.499. The van der Waals surface area contributed by atoms with E-state index in [1.165, 1.54) is 0 Å². The van der Waals surface area contributed by atoms with Gasteiger partial charge in [-0.05, 0) is 13.8 Å². The van der Waals surface area contributed by atoms with Crippen LogP contribution in [-0.4, -0.2) is 47.5 Å². The maximum atomic E-state index is 10.7. The third-order valence-corrected chi connectivity index (χ3v) is 4.31. The molecule has 1 unspecified atom stereocenters. The summed E-state index contributed by atoms with van der Waals surface area (Å²) in [6.07, 6.45) is -1.01. The van der Waals surface area contributed by atoms with Crippen molar-refractivity contribution >= 4 is 15.0 Å². The van der Waals surface area contributed by atoms with Crippen LogP contribution in [0.25, 0.3) is 0 Å². The smallest absolute Gasteiger partial charge is 0.430 e. The van der Waals surface area contributed by atoms with Crippen molar-refractivity contribution in [2.75, 3.05) is 26.4 Å². The highest BCUT2D eigenvalue weighted by Gasteiger charge is 2.36. The molecule has 0 aromatic carbocycles. The van der Waals surface area contributed by atoms with Crippen molar-refractivity contribution in [3.8, 4) is 0 Å². The van der Waals surface area contributed by atoms with Crippen molar-refractivity contribution < 1.29 is 27.5 Å². The van der Waals surface area contributed by atoms with E-state index in [9.17, 15) is 4.79 Å². The topological polar surface area (TPSA) is 63.2 Å². The normalized spacial score (nSPS) is 20.7. The van der Waals surface area contributed by atoms with Gasteiger partial charge < -0.3 is 22.8 Å². The molecule has 0 N–H and O–H groups in total. The zero-order chi connectivity index (χ0) is 12.0. The van der Waals surface area contributed by atoms with Crippen molar-refractivity contribution in [1.82, 2.24) is 0 Å². The number of carbonyl (C=O) groups excluding carboxylic acids is 1. The van der Waals surface area contributed by atoms with E-state index >= 15 is 0 Å². The summed E-state index contributed by atoms with van der Waals surface area (Å²) in [6.45, 7) is 7.11. The Balaban J connectivity index is 2.34. The summed E-state index contributed by atoms with van der Waals surface area (Å²) in [6, 6.07) is 0. The zero-order valence-electron chi connectivity index (χ0n) is 9.86. The Morgan fingerprint density at radius 1 is 1.31 bits per heavy atom. The van der Waals surface area contributed by atoms with E-state index in [0.29, 0.717) is 13.2 Å². The van der Waals surface area contributed by atoms with Gasteiger partial charge >= 0.3 is 15.0 Å². The van der Waals surface area contributed by atoms with Gasteiger partial charge in [-0.1, -0.05) is 0 Å². The van der Waals surface area contributed by atoms with Gasteiger partial charge in [-0.15, -0.1) is 0 Å². The van der Waals surface area contributed by atoms with Crippen molar-refractivity contribution in [3.05, 3.63) is 0 Å². The first kappa shape index (κ1) is 13.4.